The molecule has 0 fully saturated rings. The molecule has 6 heteroatoms. The summed E-state index contributed by atoms with van der Waals surface area (Å²) < 4.78 is 0. The number of aromatic nitrogens is 2. The molecule has 0 atom stereocenters. The fourth-order valence-electron chi connectivity index (χ4n) is 1.99. The SMILES string of the molecule is CCN(CC)C(=O)c1cnc(Nc2ccc(C)c(Cl)c2)cn1. The second kappa shape index (κ2) is 7.22. The van der Waals surface area contributed by atoms with Gasteiger partial charge in [-0.15, -0.1) is 0 Å². The van der Waals surface area contributed by atoms with Crippen LogP contribution < -0.4 is 5.32 Å². The highest BCUT2D eigenvalue weighted by atomic mass is 35.5. The van der Waals surface area contributed by atoms with Crippen LogP contribution in [0.3, 0.4) is 0 Å². The summed E-state index contributed by atoms with van der Waals surface area (Å²) in [6.07, 6.45) is 3.03. The third-order valence-corrected chi connectivity index (χ3v) is 3.77. The number of carbonyl (C=O) groups is 1. The van der Waals surface area contributed by atoms with E-state index in [1.165, 1.54) is 6.20 Å². The highest BCUT2D eigenvalue weighted by Crippen LogP contribution is 2.22. The first-order chi connectivity index (χ1) is 10.5. The fraction of sp³-hybridized carbons (Fsp3) is 0.312. The van der Waals surface area contributed by atoms with Crippen molar-refractivity contribution in [2.75, 3.05) is 18.4 Å². The molecule has 0 aliphatic rings. The molecule has 5 nitrogen and oxygen atoms in total. The molecule has 2 aromatic rings. The average molecular weight is 319 g/mol. The number of rotatable bonds is 5. The van der Waals surface area contributed by atoms with E-state index in [1.807, 2.05) is 39.0 Å². The van der Waals surface area contributed by atoms with Gasteiger partial charge in [0, 0.05) is 23.8 Å². The molecule has 1 aromatic carbocycles. The molecule has 22 heavy (non-hydrogen) atoms. The minimum absolute atomic E-state index is 0.109. The van der Waals surface area contributed by atoms with Crippen LogP contribution in [-0.4, -0.2) is 33.9 Å². The normalized spacial score (nSPS) is 10.4. The van der Waals surface area contributed by atoms with Gasteiger partial charge in [-0.25, -0.2) is 9.97 Å². The lowest BCUT2D eigenvalue weighted by molar-refractivity contribution is 0.0766. The molecule has 1 heterocycles. The maximum absolute atomic E-state index is 12.1. The minimum atomic E-state index is -0.109. The number of aryl methyl sites for hydroxylation is 1. The molecule has 0 radical (unpaired) electrons. The topological polar surface area (TPSA) is 58.1 Å². The Morgan fingerprint density at radius 1 is 1.23 bits per heavy atom. The quantitative estimate of drug-likeness (QED) is 0.914. The van der Waals surface area contributed by atoms with Gasteiger partial charge in [0.1, 0.15) is 11.5 Å². The van der Waals surface area contributed by atoms with E-state index in [4.69, 9.17) is 11.6 Å². The van der Waals surface area contributed by atoms with Gasteiger partial charge in [0.25, 0.3) is 5.91 Å². The summed E-state index contributed by atoms with van der Waals surface area (Å²) in [5, 5.41) is 3.80. The number of halogens is 1. The summed E-state index contributed by atoms with van der Waals surface area (Å²) in [5.74, 6) is 0.457. The van der Waals surface area contributed by atoms with Crippen molar-refractivity contribution < 1.29 is 4.79 Å². The summed E-state index contributed by atoms with van der Waals surface area (Å²) in [6, 6.07) is 5.67. The Bertz CT molecular complexity index is 654. The molecule has 0 unspecified atom stereocenters. The Labute approximate surface area is 135 Å². The number of nitrogens with one attached hydrogen (secondary N) is 1. The van der Waals surface area contributed by atoms with Crippen LogP contribution in [0.2, 0.25) is 5.02 Å². The van der Waals surface area contributed by atoms with E-state index < -0.39 is 0 Å². The number of benzene rings is 1. The van der Waals surface area contributed by atoms with Crippen molar-refractivity contribution in [1.29, 1.82) is 0 Å². The van der Waals surface area contributed by atoms with E-state index in [0.29, 0.717) is 29.6 Å². The van der Waals surface area contributed by atoms with Gasteiger partial charge in [-0.2, -0.15) is 0 Å². The van der Waals surface area contributed by atoms with Crippen LogP contribution >= 0.6 is 11.6 Å². The van der Waals surface area contributed by atoms with Crippen LogP contribution in [-0.2, 0) is 0 Å². The Morgan fingerprint density at radius 3 is 2.50 bits per heavy atom. The average Bonchev–Trinajstić information content (AvgIpc) is 2.53. The zero-order valence-corrected chi connectivity index (χ0v) is 13.7. The van der Waals surface area contributed by atoms with E-state index >= 15 is 0 Å². The zero-order valence-electron chi connectivity index (χ0n) is 12.9. The molecule has 116 valence electrons. The van der Waals surface area contributed by atoms with Gasteiger partial charge >= 0.3 is 0 Å². The van der Waals surface area contributed by atoms with Crippen LogP contribution in [0.5, 0.6) is 0 Å². The van der Waals surface area contributed by atoms with Gasteiger partial charge in [0.05, 0.1) is 12.4 Å². The van der Waals surface area contributed by atoms with Crippen molar-refractivity contribution in [2.24, 2.45) is 0 Å². The summed E-state index contributed by atoms with van der Waals surface area (Å²) in [6.45, 7) is 7.12. The summed E-state index contributed by atoms with van der Waals surface area (Å²) >= 11 is 6.09. The Kier molecular flexibility index (Phi) is 5.33. The van der Waals surface area contributed by atoms with Gasteiger partial charge in [0.15, 0.2) is 0 Å². The lowest BCUT2D eigenvalue weighted by Gasteiger charge is -2.17. The summed E-state index contributed by atoms with van der Waals surface area (Å²) in [4.78, 5) is 22.3. The van der Waals surface area contributed by atoms with E-state index in [9.17, 15) is 4.79 Å². The highest BCUT2D eigenvalue weighted by Gasteiger charge is 2.14. The first kappa shape index (κ1) is 16.2. The smallest absolute Gasteiger partial charge is 0.274 e. The Morgan fingerprint density at radius 2 is 1.95 bits per heavy atom. The molecule has 0 saturated heterocycles. The largest absolute Gasteiger partial charge is 0.339 e. The molecule has 0 spiro atoms. The lowest BCUT2D eigenvalue weighted by atomic mass is 10.2. The molecule has 0 aliphatic carbocycles. The minimum Gasteiger partial charge on any atom is -0.339 e. The molecule has 1 amide bonds. The third-order valence-electron chi connectivity index (χ3n) is 3.37. The van der Waals surface area contributed by atoms with E-state index in [0.717, 1.165) is 11.3 Å². The third kappa shape index (κ3) is 3.74. The van der Waals surface area contributed by atoms with Crippen molar-refractivity contribution in [3.63, 3.8) is 0 Å². The van der Waals surface area contributed by atoms with Crippen molar-refractivity contribution in [3.8, 4) is 0 Å². The van der Waals surface area contributed by atoms with E-state index in [1.54, 1.807) is 11.1 Å². The van der Waals surface area contributed by atoms with Gasteiger partial charge in [-0.05, 0) is 38.5 Å². The Balaban J connectivity index is 2.11. The van der Waals surface area contributed by atoms with Gasteiger partial charge in [-0.1, -0.05) is 17.7 Å². The maximum atomic E-state index is 12.1. The predicted octanol–water partition coefficient (Wildman–Crippen LogP) is 3.66. The number of hydrogen-bond donors (Lipinski definition) is 1. The van der Waals surface area contributed by atoms with Crippen LogP contribution in [0.1, 0.15) is 29.9 Å². The molecular weight excluding hydrogens is 300 g/mol. The predicted molar refractivity (Wildman–Crippen MR) is 88.8 cm³/mol. The maximum Gasteiger partial charge on any atom is 0.274 e. The first-order valence-electron chi connectivity index (χ1n) is 7.19. The molecule has 0 aliphatic heterocycles. The van der Waals surface area contributed by atoms with Gasteiger partial charge < -0.3 is 10.2 Å². The lowest BCUT2D eigenvalue weighted by Crippen LogP contribution is -2.31. The Hall–Kier alpha value is -2.14. The number of nitrogens with zero attached hydrogens (tertiary/aromatic N) is 3. The second-order valence-electron chi connectivity index (χ2n) is 4.85. The molecule has 1 aromatic heterocycles. The molecule has 0 saturated carbocycles. The second-order valence-corrected chi connectivity index (χ2v) is 5.26. The van der Waals surface area contributed by atoms with Gasteiger partial charge in [-0.3, -0.25) is 4.79 Å². The van der Waals surface area contributed by atoms with Crippen LogP contribution in [0.15, 0.2) is 30.6 Å². The zero-order chi connectivity index (χ0) is 16.1. The van der Waals surface area contributed by atoms with Crippen molar-refractivity contribution in [3.05, 3.63) is 46.9 Å². The van der Waals surface area contributed by atoms with Crippen molar-refractivity contribution >= 4 is 29.0 Å². The number of carbonyl (C=O) groups excluding carboxylic acids is 1. The van der Waals surface area contributed by atoms with Crippen molar-refractivity contribution in [1.82, 2.24) is 14.9 Å². The standard InChI is InChI=1S/C16H19ClN4O/c1-4-21(5-2)16(22)14-9-19-15(10-18-14)20-12-7-6-11(3)13(17)8-12/h6-10H,4-5H2,1-3H3,(H,19,20). The molecule has 0 bridgehead atoms. The van der Waals surface area contributed by atoms with Crippen LogP contribution in [0.4, 0.5) is 11.5 Å². The monoisotopic (exact) mass is 318 g/mol. The van der Waals surface area contributed by atoms with Crippen LogP contribution in [0, 0.1) is 6.92 Å². The number of amides is 1. The fourth-order valence-corrected chi connectivity index (χ4v) is 2.17. The van der Waals surface area contributed by atoms with Crippen molar-refractivity contribution in [2.45, 2.75) is 20.8 Å². The summed E-state index contributed by atoms with van der Waals surface area (Å²) in [7, 11) is 0. The highest BCUT2D eigenvalue weighted by molar-refractivity contribution is 6.31. The number of anilines is 2. The van der Waals surface area contributed by atoms with Gasteiger partial charge in [0.2, 0.25) is 0 Å². The first-order valence-corrected chi connectivity index (χ1v) is 7.57. The number of hydrogen-bond acceptors (Lipinski definition) is 4. The molecular formula is C16H19ClN4O. The molecule has 1 N–H and O–H groups in total. The summed E-state index contributed by atoms with van der Waals surface area (Å²) in [5.41, 5.74) is 2.18. The van der Waals surface area contributed by atoms with E-state index in [-0.39, 0.29) is 5.91 Å². The van der Waals surface area contributed by atoms with Crippen LogP contribution in [0.25, 0.3) is 0 Å². The molecule has 2 rings (SSSR count). The van der Waals surface area contributed by atoms with E-state index in [2.05, 4.69) is 15.3 Å².